The van der Waals surface area contributed by atoms with Crippen molar-refractivity contribution < 1.29 is 9.53 Å². The lowest BCUT2D eigenvalue weighted by atomic mass is 10.1. The smallest absolute Gasteiger partial charge is 0.410 e. The lowest BCUT2D eigenvalue weighted by molar-refractivity contribution is 0.131. The summed E-state index contributed by atoms with van der Waals surface area (Å²) in [4.78, 5) is 20.7. The third-order valence-electron chi connectivity index (χ3n) is 4.61. The highest BCUT2D eigenvalue weighted by atomic mass is 16.6. The first-order valence-corrected chi connectivity index (χ1v) is 7.95. The Morgan fingerprint density at radius 1 is 1.09 bits per heavy atom. The standard InChI is InChI=1S/C16H19N5O2/c22-16(20-10-9-19-7-5-13(20)6-8-19)23-15-3-1-14(2-4-15)21-12-17-11-18-21/h1-4,11-13H,5-10H2. The summed E-state index contributed by atoms with van der Waals surface area (Å²) < 4.78 is 7.22. The number of aromatic nitrogens is 3. The van der Waals surface area contributed by atoms with Crippen LogP contribution in [0.25, 0.3) is 5.69 Å². The van der Waals surface area contributed by atoms with Gasteiger partial charge in [0.1, 0.15) is 18.4 Å². The quantitative estimate of drug-likeness (QED) is 0.841. The van der Waals surface area contributed by atoms with Gasteiger partial charge in [0.25, 0.3) is 0 Å². The molecule has 1 aromatic carbocycles. The number of fused-ring (bicyclic) bond motifs is 4. The van der Waals surface area contributed by atoms with Crippen LogP contribution < -0.4 is 4.74 Å². The first-order chi connectivity index (χ1) is 11.3. The highest BCUT2D eigenvalue weighted by Gasteiger charge is 2.32. The van der Waals surface area contributed by atoms with Gasteiger partial charge in [-0.05, 0) is 37.1 Å². The summed E-state index contributed by atoms with van der Waals surface area (Å²) >= 11 is 0. The second-order valence-corrected chi connectivity index (χ2v) is 5.97. The van der Waals surface area contributed by atoms with E-state index >= 15 is 0 Å². The Balaban J connectivity index is 1.44. The van der Waals surface area contributed by atoms with E-state index in [2.05, 4.69) is 15.0 Å². The zero-order valence-electron chi connectivity index (χ0n) is 12.8. The van der Waals surface area contributed by atoms with Crippen molar-refractivity contribution in [3.05, 3.63) is 36.9 Å². The summed E-state index contributed by atoms with van der Waals surface area (Å²) in [6, 6.07) is 7.60. The van der Waals surface area contributed by atoms with Crippen LogP contribution in [0.1, 0.15) is 12.8 Å². The van der Waals surface area contributed by atoms with Crippen LogP contribution in [0, 0.1) is 0 Å². The maximum absolute atomic E-state index is 12.5. The number of hydrogen-bond donors (Lipinski definition) is 0. The first-order valence-electron chi connectivity index (χ1n) is 7.95. The van der Waals surface area contributed by atoms with Crippen LogP contribution in [0.5, 0.6) is 5.75 Å². The van der Waals surface area contributed by atoms with Crippen LogP contribution >= 0.6 is 0 Å². The molecule has 1 amide bonds. The summed E-state index contributed by atoms with van der Waals surface area (Å²) in [6.45, 7) is 3.86. The van der Waals surface area contributed by atoms with Crippen molar-refractivity contribution in [2.45, 2.75) is 18.9 Å². The van der Waals surface area contributed by atoms with Gasteiger partial charge in [0.05, 0.1) is 5.69 Å². The topological polar surface area (TPSA) is 63.5 Å². The van der Waals surface area contributed by atoms with Gasteiger partial charge in [-0.25, -0.2) is 14.5 Å². The van der Waals surface area contributed by atoms with Crippen molar-refractivity contribution in [1.29, 1.82) is 0 Å². The molecule has 3 saturated heterocycles. The van der Waals surface area contributed by atoms with Gasteiger partial charge in [0.15, 0.2) is 0 Å². The summed E-state index contributed by atoms with van der Waals surface area (Å²) in [6.07, 6.45) is 4.95. The minimum atomic E-state index is -0.243. The summed E-state index contributed by atoms with van der Waals surface area (Å²) in [5, 5.41) is 4.07. The van der Waals surface area contributed by atoms with E-state index in [1.54, 1.807) is 23.1 Å². The van der Waals surface area contributed by atoms with Crippen LogP contribution in [-0.4, -0.2) is 62.9 Å². The Bertz CT molecular complexity index is 662. The van der Waals surface area contributed by atoms with Gasteiger partial charge < -0.3 is 14.5 Å². The molecule has 2 aromatic rings. The second-order valence-electron chi connectivity index (χ2n) is 5.97. The minimum Gasteiger partial charge on any atom is -0.410 e. The van der Waals surface area contributed by atoms with Gasteiger partial charge in [0, 0.05) is 32.2 Å². The molecular formula is C16H19N5O2. The third-order valence-corrected chi connectivity index (χ3v) is 4.61. The maximum Gasteiger partial charge on any atom is 0.415 e. The molecule has 7 heteroatoms. The van der Waals surface area contributed by atoms with E-state index in [-0.39, 0.29) is 6.09 Å². The fourth-order valence-corrected chi connectivity index (χ4v) is 3.29. The largest absolute Gasteiger partial charge is 0.415 e. The van der Waals surface area contributed by atoms with Crippen molar-refractivity contribution in [3.63, 3.8) is 0 Å². The van der Waals surface area contributed by atoms with Crippen LogP contribution in [0.15, 0.2) is 36.9 Å². The number of amides is 1. The van der Waals surface area contributed by atoms with Gasteiger partial charge >= 0.3 is 6.09 Å². The maximum atomic E-state index is 12.5. The number of hydrogen-bond acceptors (Lipinski definition) is 5. The molecule has 120 valence electrons. The number of piperidine rings is 1. The Kier molecular flexibility index (Phi) is 3.70. The van der Waals surface area contributed by atoms with Gasteiger partial charge in [-0.1, -0.05) is 0 Å². The predicted octanol–water partition coefficient (Wildman–Crippen LogP) is 1.55. The molecule has 0 saturated carbocycles. The van der Waals surface area contributed by atoms with Crippen LogP contribution in [0.2, 0.25) is 0 Å². The molecule has 3 aliphatic rings. The molecule has 0 N–H and O–H groups in total. The number of benzene rings is 1. The molecule has 4 heterocycles. The summed E-state index contributed by atoms with van der Waals surface area (Å²) in [7, 11) is 0. The Morgan fingerprint density at radius 2 is 1.87 bits per heavy atom. The highest BCUT2D eigenvalue weighted by Crippen LogP contribution is 2.22. The number of rotatable bonds is 2. The summed E-state index contributed by atoms with van der Waals surface area (Å²) in [5.41, 5.74) is 0.878. The minimum absolute atomic E-state index is 0.243. The van der Waals surface area contributed by atoms with E-state index in [0.717, 1.165) is 44.7 Å². The number of carbonyl (C=O) groups excluding carboxylic acids is 1. The van der Waals surface area contributed by atoms with E-state index in [4.69, 9.17) is 4.74 Å². The number of nitrogens with zero attached hydrogens (tertiary/aromatic N) is 5. The molecule has 3 aliphatic heterocycles. The van der Waals surface area contributed by atoms with Gasteiger partial charge in [-0.2, -0.15) is 5.10 Å². The summed E-state index contributed by atoms with van der Waals surface area (Å²) in [5.74, 6) is 0.554. The molecule has 0 atom stereocenters. The fourth-order valence-electron chi connectivity index (χ4n) is 3.29. The highest BCUT2D eigenvalue weighted by molar-refractivity contribution is 5.71. The molecule has 5 rings (SSSR count). The van der Waals surface area contributed by atoms with Crippen LogP contribution in [0.4, 0.5) is 4.79 Å². The predicted molar refractivity (Wildman–Crippen MR) is 83.6 cm³/mol. The zero-order valence-corrected chi connectivity index (χ0v) is 12.8. The average molecular weight is 313 g/mol. The van der Waals surface area contributed by atoms with Crippen LogP contribution in [0.3, 0.4) is 0 Å². The molecule has 1 aromatic heterocycles. The first kappa shape index (κ1) is 14.2. The normalized spacial score (nSPS) is 23.6. The van der Waals surface area contributed by atoms with Gasteiger partial charge in [0.2, 0.25) is 0 Å². The lowest BCUT2D eigenvalue weighted by Gasteiger charge is -2.30. The van der Waals surface area contributed by atoms with E-state index in [1.165, 1.54) is 6.33 Å². The molecule has 0 spiro atoms. The van der Waals surface area contributed by atoms with E-state index < -0.39 is 0 Å². The molecule has 7 nitrogen and oxygen atoms in total. The number of carbonyl (C=O) groups is 1. The van der Waals surface area contributed by atoms with Gasteiger partial charge in [-0.3, -0.25) is 0 Å². The molecule has 0 aliphatic carbocycles. The second kappa shape index (κ2) is 6.00. The van der Waals surface area contributed by atoms with Crippen molar-refractivity contribution in [2.24, 2.45) is 0 Å². The van der Waals surface area contributed by atoms with Crippen molar-refractivity contribution in [2.75, 3.05) is 26.2 Å². The Labute approximate surface area is 134 Å². The monoisotopic (exact) mass is 313 g/mol. The third kappa shape index (κ3) is 2.92. The Hall–Kier alpha value is -2.41. The van der Waals surface area contributed by atoms with Crippen molar-refractivity contribution >= 4 is 6.09 Å². The van der Waals surface area contributed by atoms with Crippen molar-refractivity contribution in [3.8, 4) is 11.4 Å². The molecular weight excluding hydrogens is 294 g/mol. The fraction of sp³-hybridized carbons (Fsp3) is 0.438. The SMILES string of the molecule is O=C(Oc1ccc(-n2cncn2)cc1)N1CCN2CCC1CC2. The van der Waals surface area contributed by atoms with E-state index in [0.29, 0.717) is 11.8 Å². The molecule has 3 fully saturated rings. The van der Waals surface area contributed by atoms with Crippen molar-refractivity contribution in [1.82, 2.24) is 24.6 Å². The van der Waals surface area contributed by atoms with Crippen LogP contribution in [-0.2, 0) is 0 Å². The Morgan fingerprint density at radius 3 is 2.57 bits per heavy atom. The average Bonchev–Trinajstić information content (AvgIpc) is 2.95. The lowest BCUT2D eigenvalue weighted by Crippen LogP contribution is -2.43. The molecule has 0 radical (unpaired) electrons. The van der Waals surface area contributed by atoms with Gasteiger partial charge in [-0.15, -0.1) is 0 Å². The number of ether oxygens (including phenoxy) is 1. The zero-order chi connectivity index (χ0) is 15.6. The van der Waals surface area contributed by atoms with E-state index in [9.17, 15) is 4.79 Å². The molecule has 0 unspecified atom stereocenters. The molecule has 23 heavy (non-hydrogen) atoms. The molecule has 2 bridgehead atoms. The van der Waals surface area contributed by atoms with E-state index in [1.807, 2.05) is 17.0 Å².